The van der Waals surface area contributed by atoms with Gasteiger partial charge in [-0.25, -0.2) is 4.98 Å². The Hall–Kier alpha value is -3.27. The number of nitrogens with two attached hydrogens (primary N) is 1. The second kappa shape index (κ2) is 8.26. The lowest BCUT2D eigenvalue weighted by molar-refractivity contribution is -0.140. The number of nitrogens with one attached hydrogen (secondary N) is 1. The fourth-order valence-electron chi connectivity index (χ4n) is 4.91. The molecule has 3 amide bonds. The summed E-state index contributed by atoms with van der Waals surface area (Å²) in [6.07, 6.45) is 2.51. The molecule has 0 unspecified atom stereocenters. The molecule has 0 radical (unpaired) electrons. The summed E-state index contributed by atoms with van der Waals surface area (Å²) in [4.78, 5) is 44.4. The molecular formula is C23H23BrN6O3. The third-order valence-corrected chi connectivity index (χ3v) is 7.02. The molecule has 5 rings (SSSR count). The van der Waals surface area contributed by atoms with E-state index in [1.54, 1.807) is 23.1 Å². The summed E-state index contributed by atoms with van der Waals surface area (Å²) in [5.41, 5.74) is 7.28. The summed E-state index contributed by atoms with van der Waals surface area (Å²) in [6.45, 7) is 1.84. The molecule has 2 aromatic heterocycles. The zero-order valence-corrected chi connectivity index (χ0v) is 19.6. The van der Waals surface area contributed by atoms with Gasteiger partial charge in [-0.15, -0.1) is 0 Å². The highest BCUT2D eigenvalue weighted by Gasteiger charge is 2.51. The van der Waals surface area contributed by atoms with Crippen LogP contribution >= 0.6 is 15.9 Å². The minimum absolute atomic E-state index is 0.0448. The van der Waals surface area contributed by atoms with Gasteiger partial charge >= 0.3 is 0 Å². The van der Waals surface area contributed by atoms with E-state index in [-0.39, 0.29) is 30.1 Å². The molecule has 3 atom stereocenters. The van der Waals surface area contributed by atoms with Crippen LogP contribution in [0.15, 0.2) is 41.0 Å². The van der Waals surface area contributed by atoms with Crippen LogP contribution in [0.25, 0.3) is 10.9 Å². The third-order valence-electron chi connectivity index (χ3n) is 6.58. The van der Waals surface area contributed by atoms with Crippen molar-refractivity contribution in [2.75, 3.05) is 5.32 Å². The summed E-state index contributed by atoms with van der Waals surface area (Å²) < 4.78 is 2.12. The van der Waals surface area contributed by atoms with Crippen LogP contribution in [0.1, 0.15) is 35.3 Å². The number of fused-ring (bicyclic) bond motifs is 2. The van der Waals surface area contributed by atoms with E-state index < -0.39 is 11.9 Å². The molecule has 2 fully saturated rings. The number of rotatable bonds is 5. The number of likely N-dealkylation sites (tertiary alicyclic amines) is 1. The van der Waals surface area contributed by atoms with Crippen molar-refractivity contribution in [2.45, 2.75) is 44.8 Å². The number of benzene rings is 1. The van der Waals surface area contributed by atoms with Crippen molar-refractivity contribution < 1.29 is 14.4 Å². The van der Waals surface area contributed by atoms with Crippen molar-refractivity contribution in [3.8, 4) is 0 Å². The molecule has 1 aliphatic heterocycles. The number of nitrogens with zero attached hydrogens (tertiary/aromatic N) is 4. The van der Waals surface area contributed by atoms with Gasteiger partial charge in [-0.3, -0.25) is 19.1 Å². The predicted molar refractivity (Wildman–Crippen MR) is 125 cm³/mol. The number of hydrogen-bond donors (Lipinski definition) is 2. The van der Waals surface area contributed by atoms with Gasteiger partial charge in [0.1, 0.15) is 23.0 Å². The summed E-state index contributed by atoms with van der Waals surface area (Å²) in [7, 11) is 0. The predicted octanol–water partition coefficient (Wildman–Crippen LogP) is 2.62. The number of aromatic nitrogens is 3. The van der Waals surface area contributed by atoms with Gasteiger partial charge in [-0.05, 0) is 72.3 Å². The fraction of sp³-hybridized carbons (Fsp3) is 0.348. The maximum absolute atomic E-state index is 13.5. The lowest BCUT2D eigenvalue weighted by Gasteiger charge is -2.37. The minimum Gasteiger partial charge on any atom is -0.364 e. The monoisotopic (exact) mass is 510 g/mol. The van der Waals surface area contributed by atoms with Crippen molar-refractivity contribution in [2.24, 2.45) is 11.7 Å². The first-order valence-electron chi connectivity index (χ1n) is 10.8. The van der Waals surface area contributed by atoms with Gasteiger partial charge in [0.25, 0.3) is 5.91 Å². The van der Waals surface area contributed by atoms with E-state index in [9.17, 15) is 14.4 Å². The molecule has 9 nitrogen and oxygen atoms in total. The Morgan fingerprint density at radius 1 is 1.21 bits per heavy atom. The van der Waals surface area contributed by atoms with Gasteiger partial charge in [0.05, 0.1) is 5.52 Å². The first-order chi connectivity index (χ1) is 15.8. The van der Waals surface area contributed by atoms with Gasteiger partial charge in [0.15, 0.2) is 5.69 Å². The number of carbonyl (C=O) groups excluding carboxylic acids is 3. The van der Waals surface area contributed by atoms with Crippen molar-refractivity contribution in [3.63, 3.8) is 0 Å². The standard InChI is InChI=1S/C23H23BrN6O3/c1-12-5-7-16-14(9-12)21(22(25)32)28-29(16)11-20(31)30-15-8-6-13(15)10-17(30)23(33)27-19-4-2-3-18(24)26-19/h2-5,7,9,13,15,17H,6,8,10-11H2,1H3,(H2,25,32)(H,26,27,33)/t13-,15-,17+/m1/s1. The number of hydrogen-bond acceptors (Lipinski definition) is 5. The Balaban J connectivity index is 1.41. The summed E-state index contributed by atoms with van der Waals surface area (Å²) in [6, 6.07) is 10.3. The molecule has 3 aromatic rings. The Labute approximate surface area is 198 Å². The number of anilines is 1. The maximum Gasteiger partial charge on any atom is 0.269 e. The number of amides is 3. The molecule has 0 spiro atoms. The summed E-state index contributed by atoms with van der Waals surface area (Å²) in [5, 5.41) is 7.79. The quantitative estimate of drug-likeness (QED) is 0.510. The number of primary amides is 1. The molecule has 170 valence electrons. The average Bonchev–Trinajstić information content (AvgIpc) is 3.22. The molecule has 1 aliphatic carbocycles. The van der Waals surface area contributed by atoms with E-state index >= 15 is 0 Å². The Morgan fingerprint density at radius 3 is 2.73 bits per heavy atom. The van der Waals surface area contributed by atoms with E-state index in [0.29, 0.717) is 33.7 Å². The van der Waals surface area contributed by atoms with Crippen LogP contribution in [-0.4, -0.2) is 49.5 Å². The van der Waals surface area contributed by atoms with E-state index in [1.807, 2.05) is 25.1 Å². The van der Waals surface area contributed by atoms with Crippen LogP contribution in [0.2, 0.25) is 0 Å². The van der Waals surface area contributed by atoms with Crippen molar-refractivity contribution in [3.05, 3.63) is 52.3 Å². The summed E-state index contributed by atoms with van der Waals surface area (Å²) >= 11 is 3.30. The van der Waals surface area contributed by atoms with E-state index in [1.165, 1.54) is 4.68 Å². The van der Waals surface area contributed by atoms with Crippen LogP contribution < -0.4 is 11.1 Å². The van der Waals surface area contributed by atoms with E-state index in [2.05, 4.69) is 31.3 Å². The summed E-state index contributed by atoms with van der Waals surface area (Å²) in [5.74, 6) is -0.345. The highest BCUT2D eigenvalue weighted by Crippen LogP contribution is 2.44. The smallest absolute Gasteiger partial charge is 0.269 e. The third kappa shape index (κ3) is 3.88. The first kappa shape index (κ1) is 21.6. The molecule has 1 saturated carbocycles. The SMILES string of the molecule is Cc1ccc2c(c1)c(C(N)=O)nn2CC(=O)N1[C@@H]2CC[C@@H]2C[C@H]1C(=O)Nc1cccc(Br)n1. The minimum atomic E-state index is -0.643. The van der Waals surface area contributed by atoms with Gasteiger partial charge in [-0.2, -0.15) is 5.10 Å². The molecule has 2 aliphatic rings. The Morgan fingerprint density at radius 2 is 2.03 bits per heavy atom. The van der Waals surface area contributed by atoms with E-state index in [4.69, 9.17) is 5.73 Å². The topological polar surface area (TPSA) is 123 Å². The fourth-order valence-corrected chi connectivity index (χ4v) is 5.25. The number of carbonyl (C=O) groups is 3. The largest absolute Gasteiger partial charge is 0.364 e. The highest BCUT2D eigenvalue weighted by atomic mass is 79.9. The van der Waals surface area contributed by atoms with Crippen LogP contribution in [0.5, 0.6) is 0 Å². The second-order valence-electron chi connectivity index (χ2n) is 8.68. The van der Waals surface area contributed by atoms with Gasteiger partial charge in [0.2, 0.25) is 11.8 Å². The molecular weight excluding hydrogens is 488 g/mol. The molecule has 1 saturated heterocycles. The van der Waals surface area contributed by atoms with Crippen LogP contribution in [-0.2, 0) is 16.1 Å². The van der Waals surface area contributed by atoms with Crippen LogP contribution in [0.3, 0.4) is 0 Å². The first-order valence-corrected chi connectivity index (χ1v) is 11.6. The lowest BCUT2D eigenvalue weighted by atomic mass is 9.80. The van der Waals surface area contributed by atoms with E-state index in [0.717, 1.165) is 18.4 Å². The van der Waals surface area contributed by atoms with Crippen LogP contribution in [0.4, 0.5) is 5.82 Å². The number of aryl methyl sites for hydroxylation is 1. The zero-order valence-electron chi connectivity index (χ0n) is 18.0. The number of pyridine rings is 1. The Bertz CT molecular complexity index is 1290. The zero-order chi connectivity index (χ0) is 23.3. The van der Waals surface area contributed by atoms with Crippen molar-refractivity contribution >= 4 is 50.4 Å². The highest BCUT2D eigenvalue weighted by molar-refractivity contribution is 9.10. The molecule has 33 heavy (non-hydrogen) atoms. The lowest BCUT2D eigenvalue weighted by Crippen LogP contribution is -2.50. The normalized spacial score (nSPS) is 21.5. The molecule has 3 heterocycles. The average molecular weight is 511 g/mol. The van der Waals surface area contributed by atoms with Gasteiger partial charge in [-0.1, -0.05) is 17.7 Å². The van der Waals surface area contributed by atoms with Crippen LogP contribution in [0, 0.1) is 12.8 Å². The Kier molecular flexibility index (Phi) is 5.40. The molecule has 1 aromatic carbocycles. The molecule has 10 heteroatoms. The molecule has 3 N–H and O–H groups in total. The maximum atomic E-state index is 13.5. The van der Waals surface area contributed by atoms with Gasteiger partial charge < -0.3 is 16.0 Å². The van der Waals surface area contributed by atoms with Crippen molar-refractivity contribution in [1.82, 2.24) is 19.7 Å². The molecule has 0 bridgehead atoms. The second-order valence-corrected chi connectivity index (χ2v) is 9.50. The number of halogens is 1. The van der Waals surface area contributed by atoms with Gasteiger partial charge in [0, 0.05) is 11.4 Å². The van der Waals surface area contributed by atoms with Crippen molar-refractivity contribution in [1.29, 1.82) is 0 Å².